The minimum atomic E-state index is -0.610. The largest absolute Gasteiger partial charge is 0.378 e. The summed E-state index contributed by atoms with van der Waals surface area (Å²) in [6.45, 7) is 4.43. The number of anilines is 1. The summed E-state index contributed by atoms with van der Waals surface area (Å²) in [6, 6.07) is 29.1. The third kappa shape index (κ3) is 6.66. The third-order valence-electron chi connectivity index (χ3n) is 5.69. The van der Waals surface area contributed by atoms with Gasteiger partial charge >= 0.3 is 0 Å². The monoisotopic (exact) mass is 432 g/mol. The quantitative estimate of drug-likeness (QED) is 0.291. The number of hydrogen-bond acceptors (Lipinski definition) is 2. The van der Waals surface area contributed by atoms with Gasteiger partial charge in [-0.25, -0.2) is 0 Å². The molecule has 0 aromatic heterocycles. The molecule has 0 saturated carbocycles. The van der Waals surface area contributed by atoms with Crippen molar-refractivity contribution in [3.8, 4) is 0 Å². The van der Waals surface area contributed by atoms with Crippen molar-refractivity contribution in [3.05, 3.63) is 84.4 Å². The van der Waals surface area contributed by atoms with Gasteiger partial charge in [-0.05, 0) is 61.5 Å². The summed E-state index contributed by atoms with van der Waals surface area (Å²) in [5.74, 6) is 0. The van der Waals surface area contributed by atoms with Gasteiger partial charge in [0.25, 0.3) is 0 Å². The first-order valence-electron chi connectivity index (χ1n) is 11.5. The average Bonchev–Trinajstić information content (AvgIpc) is 2.79. The Morgan fingerprint density at radius 3 is 1.87 bits per heavy atom. The molecule has 0 unspecified atom stereocenters. The van der Waals surface area contributed by atoms with Crippen LogP contribution in [-0.4, -0.2) is 32.6 Å². The predicted octanol–water partition coefficient (Wildman–Crippen LogP) is 5.52. The Hall–Kier alpha value is -2.15. The molecule has 0 aliphatic heterocycles. The van der Waals surface area contributed by atoms with E-state index in [9.17, 15) is 0 Å². The molecular weight excluding hydrogens is 395 g/mol. The summed E-state index contributed by atoms with van der Waals surface area (Å²) in [5, 5.41) is 4.29. The smallest absolute Gasteiger partial charge is 0.0367 e. The molecule has 0 saturated heterocycles. The topological polar surface area (TPSA) is 6.48 Å². The molecule has 0 fully saturated rings. The van der Waals surface area contributed by atoms with E-state index in [-0.39, 0.29) is 0 Å². The van der Waals surface area contributed by atoms with E-state index in [2.05, 4.69) is 117 Å². The fraction of sp³-hybridized carbons (Fsp3) is 0.357. The van der Waals surface area contributed by atoms with Crippen molar-refractivity contribution in [3.63, 3.8) is 0 Å². The minimum absolute atomic E-state index is 0.610. The number of benzene rings is 3. The van der Waals surface area contributed by atoms with Crippen LogP contribution in [0, 0.1) is 0 Å². The maximum Gasteiger partial charge on any atom is 0.0367 e. The van der Waals surface area contributed by atoms with E-state index in [4.69, 9.17) is 0 Å². The van der Waals surface area contributed by atoms with E-state index in [0.29, 0.717) is 0 Å². The first-order chi connectivity index (χ1) is 15.1. The van der Waals surface area contributed by atoms with E-state index >= 15 is 0 Å². The maximum absolute atomic E-state index is 2.49. The van der Waals surface area contributed by atoms with Crippen LogP contribution < -0.4 is 20.8 Å². The molecule has 164 valence electrons. The van der Waals surface area contributed by atoms with E-state index in [1.54, 1.807) is 0 Å². The van der Waals surface area contributed by atoms with Crippen LogP contribution in [-0.2, 0) is 6.54 Å². The molecule has 31 heavy (non-hydrogen) atoms. The van der Waals surface area contributed by atoms with Crippen LogP contribution >= 0.6 is 7.92 Å². The molecule has 0 atom stereocenters. The Morgan fingerprint density at radius 2 is 1.32 bits per heavy atom. The van der Waals surface area contributed by atoms with Gasteiger partial charge in [0.15, 0.2) is 0 Å². The van der Waals surface area contributed by atoms with E-state index in [1.165, 1.54) is 52.8 Å². The Balaban J connectivity index is 1.99. The minimum Gasteiger partial charge on any atom is -0.378 e. The van der Waals surface area contributed by atoms with Crippen LogP contribution in [0.2, 0.25) is 0 Å². The van der Waals surface area contributed by atoms with Crippen molar-refractivity contribution >= 4 is 29.5 Å². The summed E-state index contributed by atoms with van der Waals surface area (Å²) in [4.78, 5) is 4.71. The van der Waals surface area contributed by atoms with Gasteiger partial charge < -0.3 is 9.80 Å². The molecule has 0 bridgehead atoms. The highest BCUT2D eigenvalue weighted by Gasteiger charge is 2.21. The Morgan fingerprint density at radius 1 is 0.710 bits per heavy atom. The SMILES string of the molecule is CCCCCCN(C)Cc1ccc(N(C)C)cc1P(c1ccccc1)c1ccccc1. The molecule has 2 nitrogen and oxygen atoms in total. The summed E-state index contributed by atoms with van der Waals surface area (Å²) in [6.07, 6.45) is 5.23. The van der Waals surface area contributed by atoms with Gasteiger partial charge in [0.05, 0.1) is 0 Å². The number of unbranched alkanes of at least 4 members (excludes halogenated alkanes) is 3. The first-order valence-corrected chi connectivity index (χ1v) is 12.8. The molecule has 0 spiro atoms. The predicted molar refractivity (Wildman–Crippen MR) is 140 cm³/mol. The number of hydrogen-bond donors (Lipinski definition) is 0. The highest BCUT2D eigenvalue weighted by Crippen LogP contribution is 2.35. The molecule has 3 heteroatoms. The van der Waals surface area contributed by atoms with E-state index in [0.717, 1.165) is 13.1 Å². The Bertz CT molecular complexity index is 869. The van der Waals surface area contributed by atoms with Gasteiger partial charge in [-0.2, -0.15) is 0 Å². The van der Waals surface area contributed by atoms with Crippen molar-refractivity contribution in [2.24, 2.45) is 0 Å². The lowest BCUT2D eigenvalue weighted by Crippen LogP contribution is -2.28. The molecule has 0 aliphatic rings. The Labute approximate surface area is 190 Å². The average molecular weight is 433 g/mol. The fourth-order valence-electron chi connectivity index (χ4n) is 3.93. The van der Waals surface area contributed by atoms with Crippen molar-refractivity contribution < 1.29 is 0 Å². The molecule has 3 aromatic rings. The second-order valence-corrected chi connectivity index (χ2v) is 10.7. The lowest BCUT2D eigenvalue weighted by atomic mass is 10.1. The van der Waals surface area contributed by atoms with E-state index in [1.807, 2.05) is 0 Å². The van der Waals surface area contributed by atoms with Crippen LogP contribution in [0.5, 0.6) is 0 Å². The lowest BCUT2D eigenvalue weighted by Gasteiger charge is -2.26. The first kappa shape index (κ1) is 23.5. The van der Waals surface area contributed by atoms with Crippen LogP contribution in [0.15, 0.2) is 78.9 Å². The van der Waals surface area contributed by atoms with Crippen molar-refractivity contribution in [2.75, 3.05) is 32.6 Å². The van der Waals surface area contributed by atoms with E-state index < -0.39 is 7.92 Å². The maximum atomic E-state index is 2.49. The van der Waals surface area contributed by atoms with Crippen LogP contribution in [0.4, 0.5) is 5.69 Å². The van der Waals surface area contributed by atoms with Crippen LogP contribution in [0.1, 0.15) is 38.2 Å². The van der Waals surface area contributed by atoms with Gasteiger partial charge in [-0.15, -0.1) is 0 Å². The van der Waals surface area contributed by atoms with Gasteiger partial charge in [0.1, 0.15) is 0 Å². The normalized spacial score (nSPS) is 11.3. The lowest BCUT2D eigenvalue weighted by molar-refractivity contribution is 0.318. The van der Waals surface area contributed by atoms with Gasteiger partial charge in [-0.3, -0.25) is 0 Å². The molecule has 0 N–H and O–H groups in total. The van der Waals surface area contributed by atoms with Crippen molar-refractivity contribution in [2.45, 2.75) is 39.2 Å². The summed E-state index contributed by atoms with van der Waals surface area (Å²) < 4.78 is 0. The molecule has 0 radical (unpaired) electrons. The van der Waals surface area contributed by atoms with Crippen molar-refractivity contribution in [1.82, 2.24) is 4.90 Å². The standard InChI is InChI=1S/C28H37N2P/c1-5-6-7-14-21-30(4)23-24-19-20-25(29(2)3)22-28(24)31(26-15-10-8-11-16-26)27-17-12-9-13-18-27/h8-13,15-20,22H,5-7,14,21,23H2,1-4H3. The molecule has 3 rings (SSSR count). The zero-order chi connectivity index (χ0) is 22.1. The summed E-state index contributed by atoms with van der Waals surface area (Å²) >= 11 is 0. The summed E-state index contributed by atoms with van der Waals surface area (Å²) in [5.41, 5.74) is 2.71. The van der Waals surface area contributed by atoms with Gasteiger partial charge in [0.2, 0.25) is 0 Å². The zero-order valence-corrected chi connectivity index (χ0v) is 20.5. The van der Waals surface area contributed by atoms with Gasteiger partial charge in [-0.1, -0.05) is 92.9 Å². The third-order valence-corrected chi connectivity index (χ3v) is 8.22. The molecule has 0 amide bonds. The highest BCUT2D eigenvalue weighted by molar-refractivity contribution is 7.79. The Kier molecular flexibility index (Phi) is 9.13. The zero-order valence-electron chi connectivity index (χ0n) is 19.6. The highest BCUT2D eigenvalue weighted by atomic mass is 31.1. The second-order valence-electron chi connectivity index (χ2n) is 8.51. The molecule has 3 aromatic carbocycles. The van der Waals surface area contributed by atoms with Crippen LogP contribution in [0.3, 0.4) is 0 Å². The number of rotatable bonds is 11. The fourth-order valence-corrected chi connectivity index (χ4v) is 6.42. The molecule has 0 aliphatic carbocycles. The van der Waals surface area contributed by atoms with Crippen LogP contribution in [0.25, 0.3) is 0 Å². The van der Waals surface area contributed by atoms with Gasteiger partial charge in [0, 0.05) is 26.3 Å². The second kappa shape index (κ2) is 12.0. The molecule has 0 heterocycles. The summed E-state index contributed by atoms with van der Waals surface area (Å²) in [7, 11) is 5.92. The van der Waals surface area contributed by atoms with Crippen molar-refractivity contribution in [1.29, 1.82) is 0 Å². The number of nitrogens with zero attached hydrogens (tertiary/aromatic N) is 2. The molecular formula is C28H37N2P.